The van der Waals surface area contributed by atoms with Crippen LogP contribution in [0.2, 0.25) is 0 Å². The fraction of sp³-hybridized carbons (Fsp3) is 0.300. The zero-order valence-electron chi connectivity index (χ0n) is 15.9. The van der Waals surface area contributed by atoms with Crippen molar-refractivity contribution in [3.05, 3.63) is 64.7 Å². The molecule has 0 unspecified atom stereocenters. The Balaban J connectivity index is 1.53. The van der Waals surface area contributed by atoms with Gasteiger partial charge in [0.1, 0.15) is 0 Å². The number of fused-ring (bicyclic) bond motifs is 1. The molecule has 0 amide bonds. The zero-order valence-corrected chi connectivity index (χ0v) is 16.8. The summed E-state index contributed by atoms with van der Waals surface area (Å²) in [4.78, 5) is 12.4. The topological polar surface area (TPSA) is 70.0 Å². The quantitative estimate of drug-likeness (QED) is 0.450. The van der Waals surface area contributed by atoms with Crippen LogP contribution in [0.25, 0.3) is 17.0 Å². The lowest BCUT2D eigenvalue weighted by Gasteiger charge is -2.09. The largest absolute Gasteiger partial charge is 0.350 e. The normalized spacial score (nSPS) is 11.4. The van der Waals surface area contributed by atoms with Crippen molar-refractivity contribution in [1.82, 2.24) is 28.9 Å². The number of pyridine rings is 1. The predicted octanol–water partition coefficient (Wildman–Crippen LogP) is 3.27. The number of aromatic nitrogens is 6. The molecule has 0 radical (unpaired) electrons. The van der Waals surface area contributed by atoms with Crippen molar-refractivity contribution in [2.75, 3.05) is 5.75 Å². The van der Waals surface area contributed by atoms with E-state index in [4.69, 9.17) is 0 Å². The van der Waals surface area contributed by atoms with Crippen molar-refractivity contribution in [1.29, 1.82) is 0 Å². The number of nitrogens with zero attached hydrogens (tertiary/aromatic N) is 6. The first kappa shape index (κ1) is 18.5. The van der Waals surface area contributed by atoms with E-state index >= 15 is 0 Å². The minimum Gasteiger partial charge on any atom is -0.302 e. The van der Waals surface area contributed by atoms with Crippen molar-refractivity contribution < 1.29 is 0 Å². The Morgan fingerprint density at radius 2 is 1.96 bits per heavy atom. The summed E-state index contributed by atoms with van der Waals surface area (Å²) in [6.07, 6.45) is 2.73. The molecule has 0 aliphatic heterocycles. The minimum absolute atomic E-state index is 0.119. The van der Waals surface area contributed by atoms with Crippen LogP contribution in [-0.4, -0.2) is 34.7 Å². The number of aryl methyl sites for hydroxylation is 2. The van der Waals surface area contributed by atoms with Gasteiger partial charge in [-0.1, -0.05) is 48.5 Å². The van der Waals surface area contributed by atoms with Crippen molar-refractivity contribution in [2.24, 2.45) is 0 Å². The molecule has 1 aromatic carbocycles. The van der Waals surface area contributed by atoms with E-state index in [1.807, 2.05) is 24.3 Å². The van der Waals surface area contributed by atoms with Crippen LogP contribution < -0.4 is 5.69 Å². The van der Waals surface area contributed by atoms with E-state index in [9.17, 15) is 4.79 Å². The van der Waals surface area contributed by atoms with Crippen LogP contribution in [0.3, 0.4) is 0 Å². The third-order valence-corrected chi connectivity index (χ3v) is 5.41. The molecule has 3 heterocycles. The molecule has 0 bridgehead atoms. The van der Waals surface area contributed by atoms with E-state index in [0.717, 1.165) is 29.5 Å². The molecule has 3 aromatic heterocycles. The van der Waals surface area contributed by atoms with Gasteiger partial charge in [0.15, 0.2) is 16.6 Å². The van der Waals surface area contributed by atoms with Gasteiger partial charge in [-0.05, 0) is 31.5 Å². The summed E-state index contributed by atoms with van der Waals surface area (Å²) < 4.78 is 5.22. The first-order chi connectivity index (χ1) is 13.7. The lowest BCUT2D eigenvalue weighted by molar-refractivity contribution is 0.620. The Hall–Kier alpha value is -2.87. The highest BCUT2D eigenvalue weighted by molar-refractivity contribution is 7.99. The van der Waals surface area contributed by atoms with Crippen LogP contribution in [0, 0.1) is 6.92 Å². The molecular formula is C20H22N6OS. The lowest BCUT2D eigenvalue weighted by atomic mass is 10.1. The van der Waals surface area contributed by atoms with E-state index in [1.165, 1.54) is 10.2 Å². The van der Waals surface area contributed by atoms with E-state index in [-0.39, 0.29) is 5.69 Å². The van der Waals surface area contributed by atoms with Crippen molar-refractivity contribution in [3.8, 4) is 11.4 Å². The van der Waals surface area contributed by atoms with E-state index in [1.54, 1.807) is 22.4 Å². The van der Waals surface area contributed by atoms with Crippen molar-refractivity contribution in [3.63, 3.8) is 0 Å². The molecule has 0 N–H and O–H groups in total. The van der Waals surface area contributed by atoms with Gasteiger partial charge in [-0.2, -0.15) is 0 Å². The standard InChI is InChI=1S/C20H22N6OS/c1-3-10-25-18(16-8-6-7-15(2)14-16)21-22-19(25)28-13-12-26-20(27)24-11-5-4-9-17(24)23-26/h4-9,11,14H,3,10,12-13H2,1-2H3. The molecule has 0 saturated carbocycles. The number of benzene rings is 1. The van der Waals surface area contributed by atoms with E-state index in [2.05, 4.69) is 51.9 Å². The van der Waals surface area contributed by atoms with Gasteiger partial charge in [-0.25, -0.2) is 9.48 Å². The van der Waals surface area contributed by atoms with Crippen LogP contribution >= 0.6 is 11.8 Å². The zero-order chi connectivity index (χ0) is 19.5. The molecule has 8 heteroatoms. The average Bonchev–Trinajstić information content (AvgIpc) is 3.24. The van der Waals surface area contributed by atoms with Crippen LogP contribution in [0.15, 0.2) is 58.6 Å². The van der Waals surface area contributed by atoms with E-state index in [0.29, 0.717) is 17.9 Å². The number of rotatable bonds is 7. The monoisotopic (exact) mass is 394 g/mol. The maximum absolute atomic E-state index is 12.4. The highest BCUT2D eigenvalue weighted by Crippen LogP contribution is 2.25. The molecule has 0 spiro atoms. The molecule has 144 valence electrons. The molecule has 7 nitrogen and oxygen atoms in total. The highest BCUT2D eigenvalue weighted by Gasteiger charge is 2.14. The summed E-state index contributed by atoms with van der Waals surface area (Å²) in [5.41, 5.74) is 2.81. The SMILES string of the molecule is CCCn1c(SCCn2nc3ccccn3c2=O)nnc1-c1cccc(C)c1. The number of hydrogen-bond donors (Lipinski definition) is 0. The molecular weight excluding hydrogens is 372 g/mol. The Bertz CT molecular complexity index is 1160. The van der Waals surface area contributed by atoms with Gasteiger partial charge in [0.25, 0.3) is 0 Å². The Kier molecular flexibility index (Phi) is 5.29. The molecule has 0 aliphatic rings. The Morgan fingerprint density at radius 3 is 2.75 bits per heavy atom. The third kappa shape index (κ3) is 3.60. The molecule has 28 heavy (non-hydrogen) atoms. The fourth-order valence-electron chi connectivity index (χ4n) is 3.16. The summed E-state index contributed by atoms with van der Waals surface area (Å²) >= 11 is 1.60. The summed E-state index contributed by atoms with van der Waals surface area (Å²) in [6.45, 7) is 5.59. The van der Waals surface area contributed by atoms with E-state index < -0.39 is 0 Å². The maximum atomic E-state index is 12.4. The van der Waals surface area contributed by atoms with Crippen molar-refractivity contribution >= 4 is 17.4 Å². The number of hydrogen-bond acceptors (Lipinski definition) is 5. The van der Waals surface area contributed by atoms with Gasteiger partial charge in [0.2, 0.25) is 0 Å². The molecule has 4 aromatic rings. The van der Waals surface area contributed by atoms with Crippen LogP contribution in [0.4, 0.5) is 0 Å². The summed E-state index contributed by atoms with van der Waals surface area (Å²) in [5.74, 6) is 1.58. The third-order valence-electron chi connectivity index (χ3n) is 4.46. The maximum Gasteiger partial charge on any atom is 0.350 e. The van der Waals surface area contributed by atoms with Gasteiger partial charge in [0, 0.05) is 24.1 Å². The molecule has 4 rings (SSSR count). The van der Waals surface area contributed by atoms with Gasteiger partial charge in [0.05, 0.1) is 6.54 Å². The second kappa shape index (κ2) is 8.02. The predicted molar refractivity (Wildman–Crippen MR) is 111 cm³/mol. The molecule has 0 atom stereocenters. The average molecular weight is 395 g/mol. The Labute approximate surface area is 167 Å². The van der Waals surface area contributed by atoms with Gasteiger partial charge in [-0.15, -0.1) is 15.3 Å². The summed E-state index contributed by atoms with van der Waals surface area (Å²) in [5, 5.41) is 14.1. The summed E-state index contributed by atoms with van der Waals surface area (Å²) in [7, 11) is 0. The molecule has 0 aliphatic carbocycles. The minimum atomic E-state index is -0.119. The van der Waals surface area contributed by atoms with Crippen LogP contribution in [0.5, 0.6) is 0 Å². The lowest BCUT2D eigenvalue weighted by Crippen LogP contribution is -2.22. The van der Waals surface area contributed by atoms with Gasteiger partial charge >= 0.3 is 5.69 Å². The molecule has 0 fully saturated rings. The van der Waals surface area contributed by atoms with Gasteiger partial charge < -0.3 is 4.57 Å². The number of thioether (sulfide) groups is 1. The fourth-order valence-corrected chi connectivity index (χ4v) is 4.03. The molecule has 0 saturated heterocycles. The van der Waals surface area contributed by atoms with Crippen LogP contribution in [-0.2, 0) is 13.1 Å². The Morgan fingerprint density at radius 1 is 1.07 bits per heavy atom. The van der Waals surface area contributed by atoms with Crippen molar-refractivity contribution in [2.45, 2.75) is 38.5 Å². The second-order valence-electron chi connectivity index (χ2n) is 6.61. The van der Waals surface area contributed by atoms with Crippen LogP contribution in [0.1, 0.15) is 18.9 Å². The second-order valence-corrected chi connectivity index (χ2v) is 7.67. The first-order valence-electron chi connectivity index (χ1n) is 9.34. The summed E-state index contributed by atoms with van der Waals surface area (Å²) in [6, 6.07) is 13.8. The first-order valence-corrected chi connectivity index (χ1v) is 10.3. The smallest absolute Gasteiger partial charge is 0.302 e. The van der Waals surface area contributed by atoms with Gasteiger partial charge in [-0.3, -0.25) is 4.40 Å². The highest BCUT2D eigenvalue weighted by atomic mass is 32.2.